The summed E-state index contributed by atoms with van der Waals surface area (Å²) in [5.74, 6) is 1.34. The van der Waals surface area contributed by atoms with Gasteiger partial charge in [0.2, 0.25) is 0 Å². The molecule has 0 unspecified atom stereocenters. The first-order chi connectivity index (χ1) is 11.1. The normalized spacial score (nSPS) is 15.9. The van der Waals surface area contributed by atoms with E-state index in [9.17, 15) is 4.39 Å². The van der Waals surface area contributed by atoms with Crippen molar-refractivity contribution in [3.63, 3.8) is 0 Å². The highest BCUT2D eigenvalue weighted by molar-refractivity contribution is 6.29. The summed E-state index contributed by atoms with van der Waals surface area (Å²) in [5.41, 5.74) is 0.993. The highest BCUT2D eigenvalue weighted by Gasteiger charge is 2.21. The Balaban J connectivity index is 1.51. The van der Waals surface area contributed by atoms with Gasteiger partial charge in [-0.25, -0.2) is 14.4 Å². The molecule has 2 aromatic rings. The Morgan fingerprint density at radius 1 is 1.22 bits per heavy atom. The summed E-state index contributed by atoms with van der Waals surface area (Å²) in [7, 11) is 0. The summed E-state index contributed by atoms with van der Waals surface area (Å²) < 4.78 is 18.8. The Morgan fingerprint density at radius 2 is 1.91 bits per heavy atom. The molecule has 0 amide bonds. The van der Waals surface area contributed by atoms with Gasteiger partial charge in [0, 0.05) is 19.2 Å². The fraction of sp³-hybridized carbons (Fsp3) is 0.412. The topological polar surface area (TPSA) is 38.2 Å². The van der Waals surface area contributed by atoms with Crippen molar-refractivity contribution in [3.8, 4) is 0 Å². The van der Waals surface area contributed by atoms with Crippen LogP contribution in [0.3, 0.4) is 0 Å². The molecule has 0 radical (unpaired) electrons. The lowest BCUT2D eigenvalue weighted by Crippen LogP contribution is -2.37. The second-order valence-corrected chi connectivity index (χ2v) is 6.11. The lowest BCUT2D eigenvalue weighted by molar-refractivity contribution is 0.0250. The van der Waals surface area contributed by atoms with Crippen LogP contribution in [0.4, 0.5) is 10.2 Å². The van der Waals surface area contributed by atoms with Crippen LogP contribution in [0.15, 0.2) is 30.3 Å². The average molecular weight is 336 g/mol. The predicted molar refractivity (Wildman–Crippen MR) is 88.2 cm³/mol. The Bertz CT molecular complexity index is 637. The monoisotopic (exact) mass is 335 g/mol. The lowest BCUT2D eigenvalue weighted by Gasteiger charge is -2.32. The van der Waals surface area contributed by atoms with Crippen molar-refractivity contribution < 1.29 is 9.13 Å². The molecule has 0 N–H and O–H groups in total. The van der Waals surface area contributed by atoms with Crippen molar-refractivity contribution in [1.82, 2.24) is 9.97 Å². The smallest absolute Gasteiger partial charge is 0.134 e. The van der Waals surface area contributed by atoms with E-state index in [1.165, 1.54) is 12.1 Å². The van der Waals surface area contributed by atoms with E-state index in [-0.39, 0.29) is 11.9 Å². The van der Waals surface area contributed by atoms with E-state index in [4.69, 9.17) is 16.3 Å². The number of nitrogens with zero attached hydrogens (tertiary/aromatic N) is 3. The van der Waals surface area contributed by atoms with Crippen LogP contribution in [0.25, 0.3) is 0 Å². The fourth-order valence-corrected chi connectivity index (χ4v) is 2.94. The minimum absolute atomic E-state index is 0.217. The van der Waals surface area contributed by atoms with Gasteiger partial charge in [0.15, 0.2) is 0 Å². The SMILES string of the molecule is Cc1nc(Cl)cc(N2CCC(OCc3ccc(F)cc3)CC2)n1. The molecule has 122 valence electrons. The van der Waals surface area contributed by atoms with E-state index in [0.717, 1.165) is 37.3 Å². The molecule has 0 saturated carbocycles. The van der Waals surface area contributed by atoms with E-state index < -0.39 is 0 Å². The van der Waals surface area contributed by atoms with Gasteiger partial charge in [0.05, 0.1) is 12.7 Å². The maximum absolute atomic E-state index is 12.9. The average Bonchev–Trinajstić information content (AvgIpc) is 2.54. The second-order valence-electron chi connectivity index (χ2n) is 5.72. The van der Waals surface area contributed by atoms with Crippen LogP contribution in [-0.4, -0.2) is 29.2 Å². The predicted octanol–water partition coefficient (Wildman–Crippen LogP) is 3.76. The third-order valence-electron chi connectivity index (χ3n) is 3.96. The Kier molecular flexibility index (Phi) is 5.08. The molecule has 1 aliphatic heterocycles. The molecule has 3 rings (SSSR count). The second kappa shape index (κ2) is 7.23. The molecule has 6 heteroatoms. The quantitative estimate of drug-likeness (QED) is 0.797. The summed E-state index contributed by atoms with van der Waals surface area (Å²) in [6.07, 6.45) is 2.08. The summed E-state index contributed by atoms with van der Waals surface area (Å²) in [6, 6.07) is 8.24. The molecule has 0 spiro atoms. The number of hydrogen-bond acceptors (Lipinski definition) is 4. The molecule has 0 bridgehead atoms. The Labute approximate surface area is 140 Å². The maximum atomic E-state index is 12.9. The van der Waals surface area contributed by atoms with Gasteiger partial charge in [-0.15, -0.1) is 0 Å². The molecule has 1 aromatic heterocycles. The number of piperidine rings is 1. The number of benzene rings is 1. The molecule has 0 atom stereocenters. The molecule has 23 heavy (non-hydrogen) atoms. The first-order valence-corrected chi connectivity index (χ1v) is 8.10. The highest BCUT2D eigenvalue weighted by Crippen LogP contribution is 2.22. The molecule has 1 fully saturated rings. The summed E-state index contributed by atoms with van der Waals surface area (Å²) in [4.78, 5) is 10.7. The van der Waals surface area contributed by atoms with Crippen LogP contribution in [-0.2, 0) is 11.3 Å². The molecule has 1 aliphatic rings. The summed E-state index contributed by atoms with van der Waals surface area (Å²) in [6.45, 7) is 4.11. The van der Waals surface area contributed by atoms with E-state index in [2.05, 4.69) is 14.9 Å². The van der Waals surface area contributed by atoms with Crippen LogP contribution < -0.4 is 4.90 Å². The van der Waals surface area contributed by atoms with Gasteiger partial charge in [-0.2, -0.15) is 0 Å². The molecule has 1 saturated heterocycles. The number of hydrogen-bond donors (Lipinski definition) is 0. The van der Waals surface area contributed by atoms with E-state index in [1.807, 2.05) is 6.92 Å². The van der Waals surface area contributed by atoms with Crippen LogP contribution in [0, 0.1) is 12.7 Å². The van der Waals surface area contributed by atoms with Gasteiger partial charge >= 0.3 is 0 Å². The van der Waals surface area contributed by atoms with E-state index in [0.29, 0.717) is 17.6 Å². The fourth-order valence-electron chi connectivity index (χ4n) is 2.72. The van der Waals surface area contributed by atoms with Gasteiger partial charge in [0.1, 0.15) is 22.6 Å². The van der Waals surface area contributed by atoms with Gasteiger partial charge in [-0.3, -0.25) is 0 Å². The molecule has 2 heterocycles. The number of ether oxygens (including phenoxy) is 1. The Morgan fingerprint density at radius 3 is 2.57 bits per heavy atom. The highest BCUT2D eigenvalue weighted by atomic mass is 35.5. The zero-order chi connectivity index (χ0) is 16.2. The minimum Gasteiger partial charge on any atom is -0.373 e. The van der Waals surface area contributed by atoms with Crippen molar-refractivity contribution in [2.75, 3.05) is 18.0 Å². The summed E-state index contributed by atoms with van der Waals surface area (Å²) >= 11 is 6.00. The van der Waals surface area contributed by atoms with Gasteiger partial charge < -0.3 is 9.64 Å². The number of aromatic nitrogens is 2. The molecule has 4 nitrogen and oxygen atoms in total. The Hall–Kier alpha value is -1.72. The third kappa shape index (κ3) is 4.39. The van der Waals surface area contributed by atoms with Crippen molar-refractivity contribution in [2.45, 2.75) is 32.5 Å². The van der Waals surface area contributed by atoms with Gasteiger partial charge in [-0.05, 0) is 37.5 Å². The number of halogens is 2. The zero-order valence-electron chi connectivity index (χ0n) is 13.0. The number of rotatable bonds is 4. The lowest BCUT2D eigenvalue weighted by atomic mass is 10.1. The largest absolute Gasteiger partial charge is 0.373 e. The third-order valence-corrected chi connectivity index (χ3v) is 4.15. The molecule has 0 aliphatic carbocycles. The van der Waals surface area contributed by atoms with Crippen molar-refractivity contribution in [2.24, 2.45) is 0 Å². The standard InChI is InChI=1S/C17H19ClFN3O/c1-12-20-16(18)10-17(21-12)22-8-6-15(7-9-22)23-11-13-2-4-14(19)5-3-13/h2-5,10,15H,6-9,11H2,1H3. The van der Waals surface area contributed by atoms with Crippen LogP contribution in [0.2, 0.25) is 5.15 Å². The molecular formula is C17H19ClFN3O. The maximum Gasteiger partial charge on any atom is 0.134 e. The van der Waals surface area contributed by atoms with Crippen molar-refractivity contribution in [3.05, 3.63) is 52.7 Å². The van der Waals surface area contributed by atoms with Crippen molar-refractivity contribution in [1.29, 1.82) is 0 Å². The van der Waals surface area contributed by atoms with Crippen LogP contribution in [0.1, 0.15) is 24.2 Å². The van der Waals surface area contributed by atoms with E-state index >= 15 is 0 Å². The summed E-state index contributed by atoms with van der Waals surface area (Å²) in [5, 5.41) is 0.474. The van der Waals surface area contributed by atoms with Crippen molar-refractivity contribution >= 4 is 17.4 Å². The van der Waals surface area contributed by atoms with Gasteiger partial charge in [0.25, 0.3) is 0 Å². The number of aryl methyl sites for hydroxylation is 1. The molecular weight excluding hydrogens is 317 g/mol. The van der Waals surface area contributed by atoms with E-state index in [1.54, 1.807) is 18.2 Å². The molecule has 1 aromatic carbocycles. The van der Waals surface area contributed by atoms with Crippen LogP contribution >= 0.6 is 11.6 Å². The van der Waals surface area contributed by atoms with Gasteiger partial charge in [-0.1, -0.05) is 23.7 Å². The first kappa shape index (κ1) is 16.1. The van der Waals surface area contributed by atoms with Crippen LogP contribution in [0.5, 0.6) is 0 Å². The minimum atomic E-state index is -0.221. The zero-order valence-corrected chi connectivity index (χ0v) is 13.8. The number of anilines is 1. The first-order valence-electron chi connectivity index (χ1n) is 7.72.